The third-order valence-corrected chi connectivity index (χ3v) is 2.74. The average molecular weight is 187 g/mol. The predicted molar refractivity (Wildman–Crippen MR) is 48.5 cm³/mol. The van der Waals surface area contributed by atoms with E-state index in [9.17, 15) is 4.79 Å². The van der Waals surface area contributed by atoms with E-state index < -0.39 is 12.0 Å². The Morgan fingerprint density at radius 2 is 2.31 bits per heavy atom. The van der Waals surface area contributed by atoms with Crippen LogP contribution in [0.4, 0.5) is 0 Å². The van der Waals surface area contributed by atoms with Gasteiger partial charge >= 0.3 is 5.97 Å². The van der Waals surface area contributed by atoms with E-state index in [1.54, 1.807) is 6.92 Å². The Bertz CT molecular complexity index is 184. The average Bonchev–Trinajstić information content (AvgIpc) is 2.16. The second-order valence-electron chi connectivity index (χ2n) is 3.58. The van der Waals surface area contributed by atoms with Gasteiger partial charge in [-0.15, -0.1) is 0 Å². The molecule has 4 nitrogen and oxygen atoms in total. The molecule has 4 heteroatoms. The second kappa shape index (κ2) is 4.58. The van der Waals surface area contributed by atoms with Crippen LogP contribution in [0.3, 0.4) is 0 Å². The van der Waals surface area contributed by atoms with Crippen molar-refractivity contribution in [2.24, 2.45) is 0 Å². The molecule has 1 saturated heterocycles. The van der Waals surface area contributed by atoms with Crippen molar-refractivity contribution in [3.63, 3.8) is 0 Å². The van der Waals surface area contributed by atoms with Gasteiger partial charge < -0.3 is 10.2 Å². The lowest BCUT2D eigenvalue weighted by Gasteiger charge is -2.37. The van der Waals surface area contributed by atoms with E-state index in [0.717, 1.165) is 25.8 Å². The summed E-state index contributed by atoms with van der Waals surface area (Å²) in [6.07, 6.45) is 3.04. The summed E-state index contributed by atoms with van der Waals surface area (Å²) in [4.78, 5) is 12.6. The number of rotatable bonds is 3. The summed E-state index contributed by atoms with van der Waals surface area (Å²) in [6, 6.07) is -0.433. The smallest absolute Gasteiger partial charge is 0.320 e. The Morgan fingerprint density at radius 3 is 2.85 bits per heavy atom. The van der Waals surface area contributed by atoms with Crippen molar-refractivity contribution in [3.8, 4) is 0 Å². The molecule has 0 spiro atoms. The molecule has 0 aliphatic carbocycles. The molecule has 1 heterocycles. The highest BCUT2D eigenvalue weighted by Crippen LogP contribution is 2.19. The Kier molecular flexibility index (Phi) is 3.69. The Balaban J connectivity index is 2.58. The molecule has 0 aromatic rings. The first-order chi connectivity index (χ1) is 6.16. The van der Waals surface area contributed by atoms with Crippen molar-refractivity contribution in [2.45, 2.75) is 38.3 Å². The molecule has 0 bridgehead atoms. The Morgan fingerprint density at radius 1 is 1.62 bits per heavy atom. The lowest BCUT2D eigenvalue weighted by molar-refractivity contribution is -0.144. The van der Waals surface area contributed by atoms with Gasteiger partial charge in [-0.2, -0.15) is 0 Å². The van der Waals surface area contributed by atoms with Gasteiger partial charge in [0.2, 0.25) is 0 Å². The molecule has 0 saturated carbocycles. The molecule has 2 atom stereocenters. The molecule has 0 amide bonds. The van der Waals surface area contributed by atoms with Crippen molar-refractivity contribution in [2.75, 3.05) is 13.2 Å². The molecule has 1 rings (SSSR count). The maximum atomic E-state index is 10.7. The van der Waals surface area contributed by atoms with Gasteiger partial charge in [0.1, 0.15) is 6.04 Å². The zero-order valence-corrected chi connectivity index (χ0v) is 7.94. The van der Waals surface area contributed by atoms with Crippen molar-refractivity contribution < 1.29 is 15.0 Å². The largest absolute Gasteiger partial charge is 0.480 e. The fraction of sp³-hybridized carbons (Fsp3) is 0.889. The molecule has 76 valence electrons. The van der Waals surface area contributed by atoms with Crippen molar-refractivity contribution >= 4 is 5.97 Å². The molecule has 0 aromatic heterocycles. The van der Waals surface area contributed by atoms with Crippen LogP contribution in [0.5, 0.6) is 0 Å². The number of hydrogen-bond donors (Lipinski definition) is 2. The molecule has 0 aromatic carbocycles. The van der Waals surface area contributed by atoms with Crippen LogP contribution in [0.2, 0.25) is 0 Å². The molecule has 0 radical (unpaired) electrons. The van der Waals surface area contributed by atoms with Crippen molar-refractivity contribution in [3.05, 3.63) is 0 Å². The molecule has 1 aliphatic rings. The van der Waals surface area contributed by atoms with Gasteiger partial charge in [-0.25, -0.2) is 0 Å². The first-order valence-electron chi connectivity index (χ1n) is 4.76. The summed E-state index contributed by atoms with van der Waals surface area (Å²) in [5.74, 6) is -0.805. The molecular formula is C9H17NO3. The standard InChI is InChI=1S/C9H17NO3/c1-7(9(12)13)10-5-3-2-4-8(10)6-11/h7-8,11H,2-6H2,1H3,(H,12,13). The number of carboxylic acids is 1. The molecule has 13 heavy (non-hydrogen) atoms. The first-order valence-corrected chi connectivity index (χ1v) is 4.76. The van der Waals surface area contributed by atoms with E-state index in [1.165, 1.54) is 0 Å². The summed E-state index contributed by atoms with van der Waals surface area (Å²) in [5, 5.41) is 17.9. The monoisotopic (exact) mass is 187 g/mol. The van der Waals surface area contributed by atoms with Crippen LogP contribution in [-0.2, 0) is 4.79 Å². The predicted octanol–water partition coefficient (Wildman–Crippen LogP) is 0.306. The van der Waals surface area contributed by atoms with Gasteiger partial charge in [0.15, 0.2) is 0 Å². The van der Waals surface area contributed by atoms with Crippen LogP contribution >= 0.6 is 0 Å². The highest BCUT2D eigenvalue weighted by Gasteiger charge is 2.29. The van der Waals surface area contributed by atoms with E-state index >= 15 is 0 Å². The Hall–Kier alpha value is -0.610. The minimum absolute atomic E-state index is 0.0415. The van der Waals surface area contributed by atoms with Gasteiger partial charge in [-0.1, -0.05) is 6.42 Å². The van der Waals surface area contributed by atoms with Gasteiger partial charge in [-0.3, -0.25) is 9.69 Å². The number of carbonyl (C=O) groups is 1. The zero-order chi connectivity index (χ0) is 9.84. The molecule has 2 unspecified atom stereocenters. The highest BCUT2D eigenvalue weighted by atomic mass is 16.4. The van der Waals surface area contributed by atoms with Crippen LogP contribution in [0, 0.1) is 0 Å². The highest BCUT2D eigenvalue weighted by molar-refractivity contribution is 5.72. The third-order valence-electron chi connectivity index (χ3n) is 2.74. The number of aliphatic carboxylic acids is 1. The van der Waals surface area contributed by atoms with Gasteiger partial charge in [0.05, 0.1) is 6.61 Å². The maximum absolute atomic E-state index is 10.7. The zero-order valence-electron chi connectivity index (χ0n) is 7.94. The van der Waals surface area contributed by atoms with Gasteiger partial charge in [-0.05, 0) is 26.3 Å². The molecule has 1 fully saturated rings. The van der Waals surface area contributed by atoms with Gasteiger partial charge in [0, 0.05) is 6.04 Å². The summed E-state index contributed by atoms with van der Waals surface area (Å²) in [7, 11) is 0. The van der Waals surface area contributed by atoms with Crippen molar-refractivity contribution in [1.82, 2.24) is 4.90 Å². The minimum Gasteiger partial charge on any atom is -0.480 e. The minimum atomic E-state index is -0.805. The van der Waals surface area contributed by atoms with Crippen molar-refractivity contribution in [1.29, 1.82) is 0 Å². The number of aliphatic hydroxyl groups is 1. The quantitative estimate of drug-likeness (QED) is 0.667. The van der Waals surface area contributed by atoms with E-state index in [2.05, 4.69) is 0 Å². The fourth-order valence-corrected chi connectivity index (χ4v) is 1.87. The lowest BCUT2D eigenvalue weighted by Crippen LogP contribution is -2.49. The van der Waals surface area contributed by atoms with E-state index in [0.29, 0.717) is 0 Å². The van der Waals surface area contributed by atoms with Crippen LogP contribution in [-0.4, -0.2) is 46.3 Å². The maximum Gasteiger partial charge on any atom is 0.320 e. The Labute approximate surface area is 78.2 Å². The van der Waals surface area contributed by atoms with E-state index in [-0.39, 0.29) is 12.6 Å². The number of hydrogen-bond acceptors (Lipinski definition) is 3. The normalized spacial score (nSPS) is 27.1. The summed E-state index contributed by atoms with van der Waals surface area (Å²) in [6.45, 7) is 2.53. The molecule has 1 aliphatic heterocycles. The number of likely N-dealkylation sites (tertiary alicyclic amines) is 1. The van der Waals surface area contributed by atoms with Crippen LogP contribution < -0.4 is 0 Å². The SMILES string of the molecule is CC(C(=O)O)N1CCCCC1CO. The molecular weight excluding hydrogens is 170 g/mol. The number of piperidine rings is 1. The number of carboxylic acid groups (broad SMARTS) is 1. The topological polar surface area (TPSA) is 60.8 Å². The van der Waals surface area contributed by atoms with E-state index in [1.807, 2.05) is 4.90 Å². The summed E-state index contributed by atoms with van der Waals surface area (Å²) in [5.41, 5.74) is 0. The number of aliphatic hydroxyl groups excluding tert-OH is 1. The summed E-state index contributed by atoms with van der Waals surface area (Å²) < 4.78 is 0. The summed E-state index contributed by atoms with van der Waals surface area (Å²) >= 11 is 0. The van der Waals surface area contributed by atoms with Gasteiger partial charge in [0.25, 0.3) is 0 Å². The second-order valence-corrected chi connectivity index (χ2v) is 3.58. The van der Waals surface area contributed by atoms with E-state index in [4.69, 9.17) is 10.2 Å². The van der Waals surface area contributed by atoms with Crippen LogP contribution in [0.1, 0.15) is 26.2 Å². The first kappa shape index (κ1) is 10.5. The molecule has 2 N–H and O–H groups in total. The lowest BCUT2D eigenvalue weighted by atomic mass is 10.0. The number of nitrogens with zero attached hydrogens (tertiary/aromatic N) is 1. The fourth-order valence-electron chi connectivity index (χ4n) is 1.87. The van der Waals surface area contributed by atoms with Crippen LogP contribution in [0.15, 0.2) is 0 Å². The van der Waals surface area contributed by atoms with Crippen LogP contribution in [0.25, 0.3) is 0 Å². The third kappa shape index (κ3) is 2.42.